The van der Waals surface area contributed by atoms with E-state index in [-0.39, 0.29) is 5.11 Å². The molecule has 0 aliphatic heterocycles. The van der Waals surface area contributed by atoms with Crippen molar-refractivity contribution >= 4 is 57.4 Å². The first-order valence-electron chi connectivity index (χ1n) is 10.3. The molecule has 178 valence electrons. The number of carbonyl (C=O) groups is 1. The molecule has 1 amide bonds. The van der Waals surface area contributed by atoms with Gasteiger partial charge in [0.25, 0.3) is 0 Å². The summed E-state index contributed by atoms with van der Waals surface area (Å²) in [6, 6.07) is 16.4. The Hall–Kier alpha value is -3.66. The van der Waals surface area contributed by atoms with Crippen molar-refractivity contribution in [3.63, 3.8) is 0 Å². The second kappa shape index (κ2) is 11.2. The maximum absolute atomic E-state index is 12.3. The van der Waals surface area contributed by atoms with Crippen molar-refractivity contribution in [2.45, 2.75) is 0 Å². The van der Waals surface area contributed by atoms with Crippen molar-refractivity contribution in [2.24, 2.45) is 0 Å². The van der Waals surface area contributed by atoms with Crippen molar-refractivity contribution in [1.29, 1.82) is 0 Å². The SMILES string of the molecule is COc1ccc(-c2csc(NC(=S)NC(=O)C=Cc3ccc(-c4ccc(Cl)cc4)o3)n2)cc1OC. The van der Waals surface area contributed by atoms with Crippen LogP contribution in [0.1, 0.15) is 5.76 Å². The molecular weight excluding hydrogens is 506 g/mol. The van der Waals surface area contributed by atoms with E-state index in [1.54, 1.807) is 38.5 Å². The van der Waals surface area contributed by atoms with E-state index in [0.717, 1.165) is 16.8 Å². The average molecular weight is 526 g/mol. The minimum atomic E-state index is -0.399. The number of nitrogens with zero attached hydrogens (tertiary/aromatic N) is 1. The Morgan fingerprint density at radius 2 is 1.80 bits per heavy atom. The first kappa shape index (κ1) is 24.5. The Balaban J connectivity index is 1.33. The Labute approximate surface area is 216 Å². The van der Waals surface area contributed by atoms with E-state index in [4.69, 9.17) is 37.7 Å². The maximum Gasteiger partial charge on any atom is 0.250 e. The highest BCUT2D eigenvalue weighted by molar-refractivity contribution is 7.80. The molecular formula is C25H20ClN3O4S2. The van der Waals surface area contributed by atoms with Gasteiger partial charge < -0.3 is 19.2 Å². The number of anilines is 1. The van der Waals surface area contributed by atoms with Crippen LogP contribution in [0.15, 0.2) is 70.5 Å². The van der Waals surface area contributed by atoms with Crippen LogP contribution in [-0.4, -0.2) is 30.2 Å². The predicted octanol–water partition coefficient (Wildman–Crippen LogP) is 6.27. The molecule has 0 aliphatic rings. The number of methoxy groups -OCH3 is 2. The number of halogens is 1. The number of hydrogen-bond acceptors (Lipinski definition) is 7. The van der Waals surface area contributed by atoms with Crippen LogP contribution in [0.25, 0.3) is 28.7 Å². The number of thiocarbonyl (C=S) groups is 1. The fourth-order valence-electron chi connectivity index (χ4n) is 3.11. The summed E-state index contributed by atoms with van der Waals surface area (Å²) in [4.78, 5) is 16.8. The van der Waals surface area contributed by atoms with E-state index in [0.29, 0.717) is 33.2 Å². The van der Waals surface area contributed by atoms with Gasteiger partial charge in [-0.2, -0.15) is 0 Å². The molecule has 10 heteroatoms. The molecule has 4 aromatic rings. The Morgan fingerprint density at radius 3 is 2.54 bits per heavy atom. The van der Waals surface area contributed by atoms with Crippen LogP contribution in [0.4, 0.5) is 5.13 Å². The molecule has 2 N–H and O–H groups in total. The third kappa shape index (κ3) is 6.27. The lowest BCUT2D eigenvalue weighted by Gasteiger charge is -2.08. The molecule has 2 heterocycles. The molecule has 0 radical (unpaired) electrons. The molecule has 35 heavy (non-hydrogen) atoms. The second-order valence-corrected chi connectivity index (χ2v) is 8.80. The molecule has 0 fully saturated rings. The van der Waals surface area contributed by atoms with Crippen LogP contribution in [0.3, 0.4) is 0 Å². The molecule has 0 aliphatic carbocycles. The molecule has 0 bridgehead atoms. The summed E-state index contributed by atoms with van der Waals surface area (Å²) in [5.74, 6) is 2.05. The van der Waals surface area contributed by atoms with Crippen molar-refractivity contribution in [1.82, 2.24) is 10.3 Å². The van der Waals surface area contributed by atoms with Gasteiger partial charge in [0.15, 0.2) is 21.7 Å². The number of benzene rings is 2. The van der Waals surface area contributed by atoms with Gasteiger partial charge in [0.05, 0.1) is 19.9 Å². The van der Waals surface area contributed by atoms with Crippen molar-refractivity contribution in [2.75, 3.05) is 19.5 Å². The zero-order valence-electron chi connectivity index (χ0n) is 18.7. The second-order valence-electron chi connectivity index (χ2n) is 7.09. The Morgan fingerprint density at radius 1 is 1.06 bits per heavy atom. The number of hydrogen-bond donors (Lipinski definition) is 2. The van der Waals surface area contributed by atoms with Gasteiger partial charge in [-0.05, 0) is 72.9 Å². The maximum atomic E-state index is 12.3. The Bertz CT molecular complexity index is 1380. The number of thiazole rings is 1. The zero-order valence-corrected chi connectivity index (χ0v) is 21.1. The van der Waals surface area contributed by atoms with Gasteiger partial charge in [-0.15, -0.1) is 11.3 Å². The third-order valence-electron chi connectivity index (χ3n) is 4.80. The molecule has 0 saturated heterocycles. The molecule has 2 aromatic heterocycles. The van der Waals surface area contributed by atoms with E-state index < -0.39 is 5.91 Å². The zero-order chi connectivity index (χ0) is 24.8. The smallest absolute Gasteiger partial charge is 0.250 e. The third-order valence-corrected chi connectivity index (χ3v) is 6.01. The fraction of sp³-hybridized carbons (Fsp3) is 0.0800. The van der Waals surface area contributed by atoms with Gasteiger partial charge in [0.2, 0.25) is 5.91 Å². The van der Waals surface area contributed by atoms with Gasteiger partial charge in [-0.3, -0.25) is 10.1 Å². The highest BCUT2D eigenvalue weighted by Crippen LogP contribution is 2.33. The first-order valence-corrected chi connectivity index (χ1v) is 12.0. The number of ether oxygens (including phenoxy) is 2. The Kier molecular flexibility index (Phi) is 7.81. The number of rotatable bonds is 7. The summed E-state index contributed by atoms with van der Waals surface area (Å²) >= 11 is 12.5. The first-order chi connectivity index (χ1) is 16.9. The molecule has 0 saturated carbocycles. The summed E-state index contributed by atoms with van der Waals surface area (Å²) in [6.45, 7) is 0. The summed E-state index contributed by atoms with van der Waals surface area (Å²) in [6.07, 6.45) is 2.91. The quantitative estimate of drug-likeness (QED) is 0.217. The molecule has 0 atom stereocenters. The van der Waals surface area contributed by atoms with Crippen molar-refractivity contribution in [3.8, 4) is 34.1 Å². The topological polar surface area (TPSA) is 85.6 Å². The van der Waals surface area contributed by atoms with E-state index in [2.05, 4.69) is 15.6 Å². The summed E-state index contributed by atoms with van der Waals surface area (Å²) < 4.78 is 16.4. The van der Waals surface area contributed by atoms with Crippen LogP contribution in [0.5, 0.6) is 11.5 Å². The van der Waals surface area contributed by atoms with Crippen LogP contribution in [0, 0.1) is 0 Å². The molecule has 0 spiro atoms. The van der Waals surface area contributed by atoms with E-state index in [1.807, 2.05) is 41.8 Å². The molecule has 4 rings (SSSR count). The minimum Gasteiger partial charge on any atom is -0.493 e. The number of aromatic nitrogens is 1. The van der Waals surface area contributed by atoms with Gasteiger partial charge in [0.1, 0.15) is 11.5 Å². The highest BCUT2D eigenvalue weighted by atomic mass is 35.5. The van der Waals surface area contributed by atoms with Crippen LogP contribution >= 0.6 is 35.2 Å². The summed E-state index contributed by atoms with van der Waals surface area (Å²) in [7, 11) is 3.16. The number of furan rings is 1. The lowest BCUT2D eigenvalue weighted by atomic mass is 10.1. The monoisotopic (exact) mass is 525 g/mol. The minimum absolute atomic E-state index is 0.133. The summed E-state index contributed by atoms with van der Waals surface area (Å²) in [5.41, 5.74) is 2.49. The van der Waals surface area contributed by atoms with Gasteiger partial charge in [-0.1, -0.05) is 11.6 Å². The lowest BCUT2D eigenvalue weighted by molar-refractivity contribution is -0.115. The normalized spacial score (nSPS) is 10.8. The van der Waals surface area contributed by atoms with E-state index in [1.165, 1.54) is 17.4 Å². The summed E-state index contributed by atoms with van der Waals surface area (Å²) in [5, 5.41) is 8.72. The standard InChI is InChI=1S/C25H20ClN3O4S2/c1-31-21-10-5-16(13-22(21)32-2)19-14-35-25(27-19)29-24(34)28-23(30)12-9-18-8-11-20(33-18)15-3-6-17(26)7-4-15/h3-14H,1-2H3,(H2,27,28,29,30,34). The number of amides is 1. The molecule has 0 unspecified atom stereocenters. The fourth-order valence-corrected chi connectivity index (χ4v) is 4.22. The number of nitrogens with one attached hydrogen (secondary N) is 2. The average Bonchev–Trinajstić information content (AvgIpc) is 3.52. The van der Waals surface area contributed by atoms with Crippen LogP contribution in [-0.2, 0) is 4.79 Å². The van der Waals surface area contributed by atoms with Gasteiger partial charge in [0, 0.05) is 27.6 Å². The van der Waals surface area contributed by atoms with Crippen molar-refractivity contribution < 1.29 is 18.7 Å². The number of carbonyl (C=O) groups excluding carboxylic acids is 1. The van der Waals surface area contributed by atoms with E-state index >= 15 is 0 Å². The van der Waals surface area contributed by atoms with Crippen molar-refractivity contribution in [3.05, 3.63) is 76.8 Å². The predicted molar refractivity (Wildman–Crippen MR) is 143 cm³/mol. The highest BCUT2D eigenvalue weighted by Gasteiger charge is 2.11. The van der Waals surface area contributed by atoms with E-state index in [9.17, 15) is 4.79 Å². The lowest BCUT2D eigenvalue weighted by Crippen LogP contribution is -2.32. The van der Waals surface area contributed by atoms with Gasteiger partial charge >= 0.3 is 0 Å². The molecule has 7 nitrogen and oxygen atoms in total. The van der Waals surface area contributed by atoms with Crippen LogP contribution in [0.2, 0.25) is 5.02 Å². The van der Waals surface area contributed by atoms with Gasteiger partial charge in [-0.25, -0.2) is 4.98 Å². The molecule has 2 aromatic carbocycles. The van der Waals surface area contributed by atoms with Crippen LogP contribution < -0.4 is 20.1 Å². The largest absolute Gasteiger partial charge is 0.493 e.